The lowest BCUT2D eigenvalue weighted by Gasteiger charge is -2.11. The van der Waals surface area contributed by atoms with Crippen molar-refractivity contribution in [1.29, 1.82) is 0 Å². The molecule has 7 nitrogen and oxygen atoms in total. The number of thiazole rings is 1. The Bertz CT molecular complexity index is 582. The van der Waals surface area contributed by atoms with Crippen LogP contribution in [-0.2, 0) is 19.4 Å². The summed E-state index contributed by atoms with van der Waals surface area (Å²) in [5.41, 5.74) is 0. The number of halogens is 1. The first kappa shape index (κ1) is 20.8. The molecule has 0 radical (unpaired) electrons. The molecule has 0 aromatic carbocycles. The normalized spacial score (nSPS) is 11.2. The second kappa shape index (κ2) is 12.2. The van der Waals surface area contributed by atoms with E-state index in [2.05, 4.69) is 37.7 Å². The number of aryl methyl sites for hydroxylation is 2. The van der Waals surface area contributed by atoms with Crippen LogP contribution in [0.5, 0.6) is 0 Å². The van der Waals surface area contributed by atoms with Crippen molar-refractivity contribution in [2.45, 2.75) is 39.2 Å². The van der Waals surface area contributed by atoms with Gasteiger partial charge >= 0.3 is 0 Å². The molecule has 0 atom stereocenters. The predicted molar refractivity (Wildman–Crippen MR) is 109 cm³/mol. The maximum atomic E-state index is 4.43. The molecule has 2 rings (SSSR count). The van der Waals surface area contributed by atoms with Crippen LogP contribution in [0.15, 0.2) is 23.8 Å². The van der Waals surface area contributed by atoms with Gasteiger partial charge in [-0.2, -0.15) is 0 Å². The third-order valence-corrected chi connectivity index (χ3v) is 4.61. The number of hydrogen-bond acceptors (Lipinski definition) is 5. The van der Waals surface area contributed by atoms with E-state index in [1.165, 1.54) is 9.88 Å². The molecular weight excluding hydrogens is 437 g/mol. The quantitative estimate of drug-likeness (QED) is 0.258. The molecule has 0 bridgehead atoms. The Labute approximate surface area is 164 Å². The van der Waals surface area contributed by atoms with Crippen molar-refractivity contribution >= 4 is 41.3 Å². The number of hydrogen-bond donors (Lipinski definition) is 2. The zero-order chi connectivity index (χ0) is 16.3. The molecule has 134 valence electrons. The van der Waals surface area contributed by atoms with Crippen LogP contribution in [0.1, 0.15) is 29.7 Å². The molecule has 0 unspecified atom stereocenters. The van der Waals surface area contributed by atoms with E-state index in [-0.39, 0.29) is 24.0 Å². The van der Waals surface area contributed by atoms with E-state index in [0.717, 1.165) is 51.3 Å². The molecule has 0 fully saturated rings. The van der Waals surface area contributed by atoms with E-state index in [1.807, 2.05) is 10.8 Å². The van der Waals surface area contributed by atoms with E-state index < -0.39 is 0 Å². The fourth-order valence-corrected chi connectivity index (χ4v) is 2.96. The minimum Gasteiger partial charge on any atom is -0.356 e. The molecule has 9 heteroatoms. The Balaban J connectivity index is 0.00000288. The summed E-state index contributed by atoms with van der Waals surface area (Å²) >= 11 is 1.79. The first-order chi connectivity index (χ1) is 11.3. The van der Waals surface area contributed by atoms with E-state index in [4.69, 9.17) is 0 Å². The van der Waals surface area contributed by atoms with Crippen molar-refractivity contribution < 1.29 is 0 Å². The highest BCUT2D eigenvalue weighted by Gasteiger charge is 2.02. The Morgan fingerprint density at radius 3 is 2.62 bits per heavy atom. The van der Waals surface area contributed by atoms with Crippen molar-refractivity contribution in [3.63, 3.8) is 0 Å². The van der Waals surface area contributed by atoms with Gasteiger partial charge in [-0.05, 0) is 19.3 Å². The van der Waals surface area contributed by atoms with Gasteiger partial charge in [-0.25, -0.2) is 4.98 Å². The van der Waals surface area contributed by atoms with Gasteiger partial charge in [-0.1, -0.05) is 6.92 Å². The lowest BCUT2D eigenvalue weighted by Crippen LogP contribution is -2.38. The average molecular weight is 463 g/mol. The number of guanidine groups is 1. The monoisotopic (exact) mass is 463 g/mol. The summed E-state index contributed by atoms with van der Waals surface area (Å²) in [6.07, 6.45) is 9.62. The number of aliphatic imine (C=N–C) groups is 1. The molecule has 0 aliphatic heterocycles. The Morgan fingerprint density at radius 2 is 1.96 bits per heavy atom. The second-order valence-electron chi connectivity index (χ2n) is 5.16. The fourth-order valence-electron chi connectivity index (χ4n) is 2.10. The Morgan fingerprint density at radius 1 is 1.21 bits per heavy atom. The zero-order valence-corrected chi connectivity index (χ0v) is 17.4. The summed E-state index contributed by atoms with van der Waals surface area (Å²) in [6, 6.07) is 0. The first-order valence-electron chi connectivity index (χ1n) is 8.02. The standard InChI is InChI=1S/C15H25N7S.HI/c1-3-13-10-19-14(23-13)6-8-18-15(16-2)17-7-4-5-9-22-11-20-21-12-22;/h10-12H,3-9H2,1-2H3,(H2,16,17,18);1H. The molecule has 24 heavy (non-hydrogen) atoms. The van der Waals surface area contributed by atoms with E-state index in [9.17, 15) is 0 Å². The summed E-state index contributed by atoms with van der Waals surface area (Å²) in [4.78, 5) is 10.0. The van der Waals surface area contributed by atoms with Gasteiger partial charge in [-0.15, -0.1) is 45.5 Å². The van der Waals surface area contributed by atoms with Gasteiger partial charge in [0.1, 0.15) is 12.7 Å². The summed E-state index contributed by atoms with van der Waals surface area (Å²) in [6.45, 7) is 4.85. The van der Waals surface area contributed by atoms with E-state index in [1.54, 1.807) is 31.0 Å². The molecule has 0 spiro atoms. The van der Waals surface area contributed by atoms with Gasteiger partial charge in [-0.3, -0.25) is 4.99 Å². The van der Waals surface area contributed by atoms with Crippen LogP contribution in [0.2, 0.25) is 0 Å². The van der Waals surface area contributed by atoms with Gasteiger partial charge in [0.2, 0.25) is 0 Å². The van der Waals surface area contributed by atoms with Gasteiger partial charge in [0.25, 0.3) is 0 Å². The van der Waals surface area contributed by atoms with Gasteiger partial charge in [0.15, 0.2) is 5.96 Å². The number of unbranched alkanes of at least 4 members (excludes halogenated alkanes) is 1. The van der Waals surface area contributed by atoms with Crippen molar-refractivity contribution in [1.82, 2.24) is 30.4 Å². The highest BCUT2D eigenvalue weighted by atomic mass is 127. The summed E-state index contributed by atoms with van der Waals surface area (Å²) in [5.74, 6) is 0.849. The van der Waals surface area contributed by atoms with E-state index in [0.29, 0.717) is 0 Å². The Kier molecular flexibility index (Phi) is 10.6. The van der Waals surface area contributed by atoms with Crippen LogP contribution in [0, 0.1) is 0 Å². The molecule has 0 aliphatic carbocycles. The smallest absolute Gasteiger partial charge is 0.190 e. The van der Waals surface area contributed by atoms with Crippen molar-refractivity contribution in [2.75, 3.05) is 20.1 Å². The molecule has 0 saturated carbocycles. The van der Waals surface area contributed by atoms with Gasteiger partial charge < -0.3 is 15.2 Å². The molecule has 2 N–H and O–H groups in total. The SMILES string of the molecule is CCc1cnc(CCNC(=NC)NCCCCn2cnnc2)s1.I. The predicted octanol–water partition coefficient (Wildman–Crippen LogP) is 2.10. The second-order valence-corrected chi connectivity index (χ2v) is 6.36. The average Bonchev–Trinajstić information content (AvgIpc) is 3.24. The highest BCUT2D eigenvalue weighted by Crippen LogP contribution is 2.13. The fraction of sp³-hybridized carbons (Fsp3) is 0.600. The minimum absolute atomic E-state index is 0. The van der Waals surface area contributed by atoms with Crippen molar-refractivity contribution in [3.8, 4) is 0 Å². The molecule has 2 aromatic rings. The third kappa shape index (κ3) is 7.56. The van der Waals surface area contributed by atoms with E-state index >= 15 is 0 Å². The number of rotatable bonds is 9. The maximum Gasteiger partial charge on any atom is 0.190 e. The van der Waals surface area contributed by atoms with Gasteiger partial charge in [0.05, 0.1) is 5.01 Å². The lowest BCUT2D eigenvalue weighted by molar-refractivity contribution is 0.597. The summed E-state index contributed by atoms with van der Waals surface area (Å²) < 4.78 is 1.99. The Hall–Kier alpha value is -1.23. The molecule has 0 aliphatic rings. The zero-order valence-electron chi connectivity index (χ0n) is 14.2. The summed E-state index contributed by atoms with van der Waals surface area (Å²) in [7, 11) is 1.80. The number of aromatic nitrogens is 4. The molecule has 0 amide bonds. The van der Waals surface area contributed by atoms with Crippen LogP contribution >= 0.6 is 35.3 Å². The molecule has 2 aromatic heterocycles. The van der Waals surface area contributed by atoms with Crippen LogP contribution in [0.25, 0.3) is 0 Å². The molecular formula is C15H26IN7S. The van der Waals surface area contributed by atoms with Crippen LogP contribution < -0.4 is 10.6 Å². The largest absolute Gasteiger partial charge is 0.356 e. The molecule has 2 heterocycles. The van der Waals surface area contributed by atoms with Gasteiger partial charge in [0, 0.05) is 44.2 Å². The minimum atomic E-state index is 0. The highest BCUT2D eigenvalue weighted by molar-refractivity contribution is 14.0. The lowest BCUT2D eigenvalue weighted by atomic mass is 10.3. The van der Waals surface area contributed by atoms with Crippen LogP contribution in [-0.4, -0.2) is 45.8 Å². The third-order valence-electron chi connectivity index (χ3n) is 3.41. The van der Waals surface area contributed by atoms with Crippen LogP contribution in [0.4, 0.5) is 0 Å². The van der Waals surface area contributed by atoms with Crippen LogP contribution in [0.3, 0.4) is 0 Å². The van der Waals surface area contributed by atoms with Crippen molar-refractivity contribution in [2.24, 2.45) is 4.99 Å². The number of nitrogens with one attached hydrogen (secondary N) is 2. The molecule has 0 saturated heterocycles. The number of nitrogens with zero attached hydrogens (tertiary/aromatic N) is 5. The van der Waals surface area contributed by atoms with Crippen molar-refractivity contribution in [3.05, 3.63) is 28.7 Å². The summed E-state index contributed by atoms with van der Waals surface area (Å²) in [5, 5.41) is 15.4. The maximum absolute atomic E-state index is 4.43. The first-order valence-corrected chi connectivity index (χ1v) is 8.84. The topological polar surface area (TPSA) is 80.0 Å².